The summed E-state index contributed by atoms with van der Waals surface area (Å²) in [6.07, 6.45) is 0.596. The van der Waals surface area contributed by atoms with E-state index in [1.807, 2.05) is 6.92 Å². The standard InChI is InChI=1S/C11H17N3O2/c1-5-7-8-6(10(8,2)3)4-11(7,16)14(13-5)9(12)15/h6-8,16H,4H2,1-3H3,(H2,12,15). The second kappa shape index (κ2) is 2.42. The van der Waals surface area contributed by atoms with E-state index in [0.717, 1.165) is 10.7 Å². The van der Waals surface area contributed by atoms with Gasteiger partial charge in [0, 0.05) is 12.1 Å². The molecule has 2 amide bonds. The van der Waals surface area contributed by atoms with Gasteiger partial charge in [-0.05, 0) is 24.2 Å². The number of nitrogens with zero attached hydrogens (tertiary/aromatic N) is 2. The van der Waals surface area contributed by atoms with Gasteiger partial charge < -0.3 is 10.8 Å². The van der Waals surface area contributed by atoms with Crippen molar-refractivity contribution in [2.75, 3.05) is 0 Å². The highest BCUT2D eigenvalue weighted by Gasteiger charge is 2.75. The first-order valence-corrected chi connectivity index (χ1v) is 5.67. The Morgan fingerprint density at radius 3 is 2.81 bits per heavy atom. The lowest BCUT2D eigenvalue weighted by Crippen LogP contribution is -2.52. The third-order valence-electron chi connectivity index (χ3n) is 4.80. The SMILES string of the molecule is CC1=NN(C(N)=O)C2(O)CC3C(C12)C3(C)C. The Bertz CT molecular complexity index is 417. The van der Waals surface area contributed by atoms with E-state index in [0.29, 0.717) is 18.3 Å². The lowest BCUT2D eigenvalue weighted by Gasteiger charge is -2.34. The van der Waals surface area contributed by atoms with Gasteiger partial charge in [-0.15, -0.1) is 0 Å². The summed E-state index contributed by atoms with van der Waals surface area (Å²) in [5.74, 6) is 0.889. The van der Waals surface area contributed by atoms with Gasteiger partial charge in [0.15, 0.2) is 5.72 Å². The van der Waals surface area contributed by atoms with Gasteiger partial charge in [0.25, 0.3) is 0 Å². The Balaban J connectivity index is 1.99. The first-order valence-electron chi connectivity index (χ1n) is 5.67. The van der Waals surface area contributed by atoms with Crippen molar-refractivity contribution in [3.8, 4) is 0 Å². The van der Waals surface area contributed by atoms with Crippen LogP contribution in [0.3, 0.4) is 0 Å². The molecule has 0 spiro atoms. The topological polar surface area (TPSA) is 78.9 Å². The summed E-state index contributed by atoms with van der Waals surface area (Å²) in [6, 6.07) is -0.663. The molecule has 0 saturated heterocycles. The molecule has 4 atom stereocenters. The second-order valence-electron chi connectivity index (χ2n) is 5.91. The van der Waals surface area contributed by atoms with Crippen molar-refractivity contribution < 1.29 is 9.90 Å². The number of primary amides is 1. The maximum absolute atomic E-state index is 11.3. The molecule has 2 fully saturated rings. The molecule has 3 N–H and O–H groups in total. The van der Waals surface area contributed by atoms with Crippen LogP contribution in [0.15, 0.2) is 5.10 Å². The Labute approximate surface area is 94.3 Å². The van der Waals surface area contributed by atoms with Gasteiger partial charge >= 0.3 is 6.03 Å². The van der Waals surface area contributed by atoms with Crippen LogP contribution in [0.4, 0.5) is 4.79 Å². The Morgan fingerprint density at radius 2 is 2.25 bits per heavy atom. The molecule has 2 saturated carbocycles. The number of carbonyl (C=O) groups is 1. The normalized spacial score (nSPS) is 47.4. The summed E-state index contributed by atoms with van der Waals surface area (Å²) >= 11 is 0. The number of hydrazone groups is 1. The molecule has 5 nitrogen and oxygen atoms in total. The molecule has 0 aromatic heterocycles. The number of amides is 2. The number of nitrogens with two attached hydrogens (primary N) is 1. The van der Waals surface area contributed by atoms with Gasteiger partial charge in [0.05, 0.1) is 5.92 Å². The number of carbonyl (C=O) groups excluding carboxylic acids is 1. The average Bonchev–Trinajstić information content (AvgIpc) is 2.51. The zero-order valence-electron chi connectivity index (χ0n) is 9.77. The lowest BCUT2D eigenvalue weighted by atomic mass is 9.84. The zero-order valence-corrected chi connectivity index (χ0v) is 9.77. The summed E-state index contributed by atoms with van der Waals surface area (Å²) in [5.41, 5.74) is 5.19. The fraction of sp³-hybridized carbons (Fsp3) is 0.818. The number of hydrogen-bond donors (Lipinski definition) is 2. The molecule has 2 aliphatic carbocycles. The van der Waals surface area contributed by atoms with Crippen LogP contribution in [-0.2, 0) is 0 Å². The van der Waals surface area contributed by atoms with E-state index in [2.05, 4.69) is 18.9 Å². The van der Waals surface area contributed by atoms with Crippen LogP contribution in [0.25, 0.3) is 0 Å². The van der Waals surface area contributed by atoms with E-state index in [4.69, 9.17) is 5.73 Å². The molecule has 1 heterocycles. The molecule has 88 valence electrons. The zero-order chi connectivity index (χ0) is 11.9. The smallest absolute Gasteiger partial charge is 0.337 e. The number of fused-ring (bicyclic) bond motifs is 3. The molecular formula is C11H17N3O2. The highest BCUT2D eigenvalue weighted by Crippen LogP contribution is 2.73. The monoisotopic (exact) mass is 223 g/mol. The molecular weight excluding hydrogens is 206 g/mol. The van der Waals surface area contributed by atoms with Crippen LogP contribution in [0.5, 0.6) is 0 Å². The summed E-state index contributed by atoms with van der Waals surface area (Å²) in [4.78, 5) is 11.3. The third-order valence-corrected chi connectivity index (χ3v) is 4.80. The van der Waals surface area contributed by atoms with Crippen LogP contribution in [0, 0.1) is 23.2 Å². The molecule has 3 rings (SSSR count). The fourth-order valence-corrected chi connectivity index (χ4v) is 3.94. The van der Waals surface area contributed by atoms with Crippen LogP contribution >= 0.6 is 0 Å². The Hall–Kier alpha value is -1.10. The van der Waals surface area contributed by atoms with Gasteiger partial charge in [-0.1, -0.05) is 13.8 Å². The minimum Gasteiger partial charge on any atom is -0.368 e. The molecule has 0 aromatic rings. The Kier molecular flexibility index (Phi) is 1.53. The summed E-state index contributed by atoms with van der Waals surface area (Å²) < 4.78 is 0. The highest BCUT2D eigenvalue weighted by molar-refractivity contribution is 5.91. The minimum atomic E-state index is -1.15. The molecule has 0 aromatic carbocycles. The summed E-state index contributed by atoms with van der Waals surface area (Å²) in [5, 5.41) is 15.8. The summed E-state index contributed by atoms with van der Waals surface area (Å²) in [6.45, 7) is 6.29. The van der Waals surface area contributed by atoms with E-state index in [1.54, 1.807) is 0 Å². The number of urea groups is 1. The minimum absolute atomic E-state index is 0.0278. The Morgan fingerprint density at radius 1 is 1.62 bits per heavy atom. The van der Waals surface area contributed by atoms with Gasteiger partial charge in [0.1, 0.15) is 0 Å². The molecule has 1 aliphatic heterocycles. The first kappa shape index (κ1) is 10.1. The van der Waals surface area contributed by atoms with Crippen molar-refractivity contribution in [1.82, 2.24) is 5.01 Å². The van der Waals surface area contributed by atoms with E-state index < -0.39 is 11.8 Å². The van der Waals surface area contributed by atoms with E-state index in [9.17, 15) is 9.90 Å². The lowest BCUT2D eigenvalue weighted by molar-refractivity contribution is -0.0944. The molecule has 3 aliphatic rings. The van der Waals surface area contributed by atoms with Crippen LogP contribution in [0.1, 0.15) is 27.2 Å². The van der Waals surface area contributed by atoms with Crippen molar-refractivity contribution in [2.45, 2.75) is 32.9 Å². The molecule has 5 heteroatoms. The van der Waals surface area contributed by atoms with Gasteiger partial charge in [-0.2, -0.15) is 10.1 Å². The molecule has 16 heavy (non-hydrogen) atoms. The maximum Gasteiger partial charge on any atom is 0.337 e. The first-order chi connectivity index (χ1) is 7.30. The van der Waals surface area contributed by atoms with Crippen LogP contribution in [0.2, 0.25) is 0 Å². The number of rotatable bonds is 0. The molecule has 4 unspecified atom stereocenters. The van der Waals surface area contributed by atoms with Crippen molar-refractivity contribution in [1.29, 1.82) is 0 Å². The number of hydrogen-bond acceptors (Lipinski definition) is 3. The maximum atomic E-state index is 11.3. The van der Waals surface area contributed by atoms with E-state index in [-0.39, 0.29) is 11.3 Å². The van der Waals surface area contributed by atoms with Crippen LogP contribution < -0.4 is 5.73 Å². The molecule has 0 radical (unpaired) electrons. The van der Waals surface area contributed by atoms with E-state index >= 15 is 0 Å². The van der Waals surface area contributed by atoms with Crippen LogP contribution in [-0.4, -0.2) is 27.6 Å². The highest BCUT2D eigenvalue weighted by atomic mass is 16.3. The van der Waals surface area contributed by atoms with E-state index in [1.165, 1.54) is 0 Å². The van der Waals surface area contributed by atoms with Crippen molar-refractivity contribution in [2.24, 2.45) is 34.0 Å². The number of aliphatic hydroxyl groups is 1. The van der Waals surface area contributed by atoms with Gasteiger partial charge in [-0.25, -0.2) is 4.79 Å². The predicted octanol–water partition coefficient (Wildman–Crippen LogP) is 0.737. The van der Waals surface area contributed by atoms with Crippen molar-refractivity contribution >= 4 is 11.7 Å². The third kappa shape index (κ3) is 0.867. The predicted molar refractivity (Wildman–Crippen MR) is 58.3 cm³/mol. The van der Waals surface area contributed by atoms with Crippen molar-refractivity contribution in [3.63, 3.8) is 0 Å². The fourth-order valence-electron chi connectivity index (χ4n) is 3.94. The van der Waals surface area contributed by atoms with Gasteiger partial charge in [0.2, 0.25) is 0 Å². The quantitative estimate of drug-likeness (QED) is 0.635. The summed E-state index contributed by atoms with van der Waals surface area (Å²) in [7, 11) is 0. The average molecular weight is 223 g/mol. The largest absolute Gasteiger partial charge is 0.368 e. The van der Waals surface area contributed by atoms with Gasteiger partial charge in [-0.3, -0.25) is 0 Å². The molecule has 0 bridgehead atoms. The van der Waals surface area contributed by atoms with Crippen molar-refractivity contribution in [3.05, 3.63) is 0 Å². The second-order valence-corrected chi connectivity index (χ2v) is 5.91.